The number of ether oxygens (including phenoxy) is 2. The summed E-state index contributed by atoms with van der Waals surface area (Å²) in [5.41, 5.74) is 6.31. The number of nitrogens with two attached hydrogens (primary N) is 1. The van der Waals surface area contributed by atoms with Crippen molar-refractivity contribution in [1.82, 2.24) is 4.90 Å². The second-order valence-corrected chi connectivity index (χ2v) is 5.22. The molecule has 5 nitrogen and oxygen atoms in total. The van der Waals surface area contributed by atoms with Crippen LogP contribution in [0.2, 0.25) is 5.02 Å². The SMILES string of the molecule is COCCOc1ccc(Cl)cc1C(=O)N1CC[C@H](N)C1.Cl. The molecule has 1 amide bonds. The number of benzene rings is 1. The lowest BCUT2D eigenvalue weighted by Gasteiger charge is -2.18. The van der Waals surface area contributed by atoms with Crippen molar-refractivity contribution in [3.05, 3.63) is 28.8 Å². The molecule has 1 aliphatic heterocycles. The normalized spacial score (nSPS) is 17.5. The first-order chi connectivity index (χ1) is 9.61. The molecule has 1 heterocycles. The zero-order valence-electron chi connectivity index (χ0n) is 11.9. The fourth-order valence-corrected chi connectivity index (χ4v) is 2.34. The molecule has 1 aromatic rings. The van der Waals surface area contributed by atoms with Crippen LogP contribution in [0.5, 0.6) is 5.75 Å². The Morgan fingerprint density at radius 2 is 2.24 bits per heavy atom. The van der Waals surface area contributed by atoms with E-state index in [4.69, 9.17) is 26.8 Å². The van der Waals surface area contributed by atoms with E-state index in [9.17, 15) is 4.79 Å². The van der Waals surface area contributed by atoms with E-state index >= 15 is 0 Å². The molecule has 1 aliphatic rings. The summed E-state index contributed by atoms with van der Waals surface area (Å²) in [4.78, 5) is 14.2. The van der Waals surface area contributed by atoms with Gasteiger partial charge in [0.1, 0.15) is 12.4 Å². The second kappa shape index (κ2) is 8.44. The first-order valence-electron chi connectivity index (χ1n) is 6.58. The van der Waals surface area contributed by atoms with Crippen LogP contribution in [0.1, 0.15) is 16.8 Å². The van der Waals surface area contributed by atoms with Crippen LogP contribution in [0.25, 0.3) is 0 Å². The van der Waals surface area contributed by atoms with Crippen LogP contribution in [-0.2, 0) is 4.74 Å². The number of rotatable bonds is 5. The smallest absolute Gasteiger partial charge is 0.257 e. The number of halogens is 2. The van der Waals surface area contributed by atoms with Gasteiger partial charge >= 0.3 is 0 Å². The van der Waals surface area contributed by atoms with Gasteiger partial charge in [-0.15, -0.1) is 12.4 Å². The number of carbonyl (C=O) groups excluding carboxylic acids is 1. The summed E-state index contributed by atoms with van der Waals surface area (Å²) >= 11 is 5.98. The van der Waals surface area contributed by atoms with Gasteiger partial charge in [0.2, 0.25) is 0 Å². The fraction of sp³-hybridized carbons (Fsp3) is 0.500. The Hall–Kier alpha value is -1.01. The topological polar surface area (TPSA) is 64.8 Å². The number of hydrogen-bond donors (Lipinski definition) is 1. The Morgan fingerprint density at radius 3 is 2.86 bits per heavy atom. The third kappa shape index (κ3) is 4.74. The molecule has 0 aliphatic carbocycles. The summed E-state index contributed by atoms with van der Waals surface area (Å²) < 4.78 is 10.5. The molecule has 21 heavy (non-hydrogen) atoms. The van der Waals surface area contributed by atoms with Crippen LogP contribution in [0.3, 0.4) is 0 Å². The minimum atomic E-state index is -0.0899. The molecule has 0 spiro atoms. The molecule has 1 aromatic carbocycles. The lowest BCUT2D eigenvalue weighted by Crippen LogP contribution is -2.32. The van der Waals surface area contributed by atoms with Crippen molar-refractivity contribution in [3.63, 3.8) is 0 Å². The van der Waals surface area contributed by atoms with Gasteiger partial charge < -0.3 is 20.1 Å². The van der Waals surface area contributed by atoms with Crippen molar-refractivity contribution in [2.24, 2.45) is 5.73 Å². The predicted octanol–water partition coefficient (Wildman–Crippen LogP) is 1.96. The number of carbonyl (C=O) groups is 1. The maximum Gasteiger partial charge on any atom is 0.257 e. The van der Waals surface area contributed by atoms with E-state index in [1.807, 2.05) is 0 Å². The third-order valence-corrected chi connectivity index (χ3v) is 3.46. The van der Waals surface area contributed by atoms with Crippen LogP contribution in [-0.4, -0.2) is 50.3 Å². The monoisotopic (exact) mass is 334 g/mol. The average molecular weight is 335 g/mol. The van der Waals surface area contributed by atoms with E-state index in [0.717, 1.165) is 6.42 Å². The number of nitrogens with zero attached hydrogens (tertiary/aromatic N) is 1. The van der Waals surface area contributed by atoms with Gasteiger partial charge in [-0.25, -0.2) is 0 Å². The van der Waals surface area contributed by atoms with Crippen molar-refractivity contribution in [2.75, 3.05) is 33.4 Å². The van der Waals surface area contributed by atoms with Crippen molar-refractivity contribution < 1.29 is 14.3 Å². The highest BCUT2D eigenvalue weighted by molar-refractivity contribution is 6.31. The summed E-state index contributed by atoms with van der Waals surface area (Å²) in [5, 5.41) is 0.510. The number of likely N-dealkylation sites (tertiary alicyclic amines) is 1. The van der Waals surface area contributed by atoms with Crippen LogP contribution in [0.4, 0.5) is 0 Å². The van der Waals surface area contributed by atoms with E-state index in [1.165, 1.54) is 0 Å². The van der Waals surface area contributed by atoms with Gasteiger partial charge in [-0.2, -0.15) is 0 Å². The summed E-state index contributed by atoms with van der Waals surface area (Å²) in [5.74, 6) is 0.435. The molecule has 1 saturated heterocycles. The minimum absolute atomic E-state index is 0. The van der Waals surface area contributed by atoms with Gasteiger partial charge in [-0.05, 0) is 24.6 Å². The minimum Gasteiger partial charge on any atom is -0.490 e. The van der Waals surface area contributed by atoms with Crippen LogP contribution < -0.4 is 10.5 Å². The molecule has 2 N–H and O–H groups in total. The molecule has 0 saturated carbocycles. The van der Waals surface area contributed by atoms with Gasteiger partial charge in [0, 0.05) is 31.3 Å². The highest BCUT2D eigenvalue weighted by atomic mass is 35.5. The molecule has 0 aromatic heterocycles. The van der Waals surface area contributed by atoms with Gasteiger partial charge in [0.25, 0.3) is 5.91 Å². The van der Waals surface area contributed by atoms with E-state index in [2.05, 4.69) is 0 Å². The Bertz CT molecular complexity index is 485. The maximum absolute atomic E-state index is 12.5. The van der Waals surface area contributed by atoms with E-state index in [1.54, 1.807) is 30.2 Å². The van der Waals surface area contributed by atoms with Crippen molar-refractivity contribution in [1.29, 1.82) is 0 Å². The highest BCUT2D eigenvalue weighted by Crippen LogP contribution is 2.25. The summed E-state index contributed by atoms with van der Waals surface area (Å²) in [6.45, 7) is 2.09. The van der Waals surface area contributed by atoms with E-state index in [-0.39, 0.29) is 24.4 Å². The Morgan fingerprint density at radius 1 is 1.48 bits per heavy atom. The number of methoxy groups -OCH3 is 1. The molecule has 7 heteroatoms. The van der Waals surface area contributed by atoms with Crippen molar-refractivity contribution >= 4 is 29.9 Å². The van der Waals surface area contributed by atoms with Gasteiger partial charge in [-0.3, -0.25) is 4.79 Å². The molecular weight excluding hydrogens is 315 g/mol. The molecule has 1 fully saturated rings. The first kappa shape index (κ1) is 18.0. The summed E-state index contributed by atoms with van der Waals surface area (Å²) in [7, 11) is 1.60. The lowest BCUT2D eigenvalue weighted by atomic mass is 10.1. The van der Waals surface area contributed by atoms with Crippen LogP contribution in [0, 0.1) is 0 Å². The quantitative estimate of drug-likeness (QED) is 0.836. The Kier molecular flexibility index (Phi) is 7.25. The van der Waals surface area contributed by atoms with Crippen molar-refractivity contribution in [2.45, 2.75) is 12.5 Å². The zero-order chi connectivity index (χ0) is 14.5. The molecule has 1 atom stereocenters. The summed E-state index contributed by atoms with van der Waals surface area (Å²) in [6.07, 6.45) is 0.826. The predicted molar refractivity (Wildman–Crippen MR) is 84.6 cm³/mol. The fourth-order valence-electron chi connectivity index (χ4n) is 2.17. The van der Waals surface area contributed by atoms with Crippen LogP contribution >= 0.6 is 24.0 Å². The largest absolute Gasteiger partial charge is 0.490 e. The third-order valence-electron chi connectivity index (χ3n) is 3.23. The lowest BCUT2D eigenvalue weighted by molar-refractivity contribution is 0.0783. The number of amides is 1. The Balaban J connectivity index is 0.00000220. The molecule has 2 rings (SSSR count). The van der Waals surface area contributed by atoms with E-state index in [0.29, 0.717) is 42.6 Å². The highest BCUT2D eigenvalue weighted by Gasteiger charge is 2.26. The molecule has 0 bridgehead atoms. The first-order valence-corrected chi connectivity index (χ1v) is 6.95. The van der Waals surface area contributed by atoms with E-state index < -0.39 is 0 Å². The van der Waals surface area contributed by atoms with Crippen LogP contribution in [0.15, 0.2) is 18.2 Å². The standard InChI is InChI=1S/C14H19ClN2O3.ClH/c1-19-6-7-20-13-3-2-10(15)8-12(13)14(18)17-5-4-11(16)9-17;/h2-3,8,11H,4-7,9,16H2,1H3;1H/t11-;/m0./s1. The van der Waals surface area contributed by atoms with Gasteiger partial charge in [0.05, 0.1) is 12.2 Å². The number of hydrogen-bond acceptors (Lipinski definition) is 4. The van der Waals surface area contributed by atoms with Gasteiger partial charge in [-0.1, -0.05) is 11.6 Å². The summed E-state index contributed by atoms with van der Waals surface area (Å²) in [6, 6.07) is 5.10. The average Bonchev–Trinajstić information content (AvgIpc) is 2.86. The van der Waals surface area contributed by atoms with Gasteiger partial charge in [0.15, 0.2) is 0 Å². The Labute approximate surface area is 135 Å². The van der Waals surface area contributed by atoms with Crippen molar-refractivity contribution in [3.8, 4) is 5.75 Å². The molecular formula is C14H20Cl2N2O3. The molecule has 0 unspecified atom stereocenters. The maximum atomic E-state index is 12.5. The zero-order valence-corrected chi connectivity index (χ0v) is 13.5. The molecule has 118 valence electrons. The molecule has 0 radical (unpaired) electrons. The second-order valence-electron chi connectivity index (χ2n) is 4.78.